The van der Waals surface area contributed by atoms with Crippen molar-refractivity contribution < 1.29 is 14.1 Å². The summed E-state index contributed by atoms with van der Waals surface area (Å²) in [6.45, 7) is 3.94. The van der Waals surface area contributed by atoms with Crippen molar-refractivity contribution in [2.45, 2.75) is 39.2 Å². The minimum atomic E-state index is -0.379. The summed E-state index contributed by atoms with van der Waals surface area (Å²) in [6, 6.07) is 15.3. The van der Waals surface area contributed by atoms with Crippen LogP contribution in [0.2, 0.25) is 0 Å². The van der Waals surface area contributed by atoms with Gasteiger partial charge in [-0.3, -0.25) is 4.79 Å². The van der Waals surface area contributed by atoms with Gasteiger partial charge in [-0.05, 0) is 48.4 Å². The largest absolute Gasteiger partial charge is 0.484 e. The molecule has 0 aliphatic heterocycles. The average Bonchev–Trinajstić information content (AvgIpc) is 3.40. The lowest BCUT2D eigenvalue weighted by Gasteiger charge is -2.18. The number of nitrogens with one attached hydrogen (secondary N) is 1. The molecule has 0 unspecified atom stereocenters. The minimum Gasteiger partial charge on any atom is -0.484 e. The van der Waals surface area contributed by atoms with Crippen LogP contribution in [0.3, 0.4) is 0 Å². The van der Waals surface area contributed by atoms with Crippen molar-refractivity contribution in [2.75, 3.05) is 6.61 Å². The van der Waals surface area contributed by atoms with Gasteiger partial charge in [-0.25, -0.2) is 0 Å². The lowest BCUT2D eigenvalue weighted by Crippen LogP contribution is -2.35. The van der Waals surface area contributed by atoms with Crippen LogP contribution in [0, 0.1) is 5.92 Å². The first-order valence-electron chi connectivity index (χ1n) is 10.0. The van der Waals surface area contributed by atoms with Crippen LogP contribution in [-0.2, 0) is 17.6 Å². The molecule has 1 heterocycles. The van der Waals surface area contributed by atoms with E-state index in [0.29, 0.717) is 11.7 Å². The average molecular weight is 391 g/mol. The van der Waals surface area contributed by atoms with E-state index in [4.69, 9.17) is 9.26 Å². The highest BCUT2D eigenvalue weighted by atomic mass is 16.5. The first-order valence-corrected chi connectivity index (χ1v) is 10.0. The van der Waals surface area contributed by atoms with Crippen molar-refractivity contribution in [1.29, 1.82) is 0 Å². The molecule has 0 saturated carbocycles. The Hall–Kier alpha value is -3.15. The Balaban J connectivity index is 1.39. The molecule has 1 aliphatic carbocycles. The number of benzene rings is 2. The summed E-state index contributed by atoms with van der Waals surface area (Å²) < 4.78 is 11.1. The Bertz CT molecular complexity index is 982. The Kier molecular flexibility index (Phi) is 5.60. The molecular weight excluding hydrogens is 366 g/mol. The van der Waals surface area contributed by atoms with Gasteiger partial charge >= 0.3 is 0 Å². The van der Waals surface area contributed by atoms with E-state index in [9.17, 15) is 4.79 Å². The number of carbonyl (C=O) groups is 1. The molecule has 0 saturated heterocycles. The maximum Gasteiger partial charge on any atom is 0.258 e. The van der Waals surface area contributed by atoms with E-state index in [2.05, 4.69) is 21.5 Å². The van der Waals surface area contributed by atoms with E-state index in [1.54, 1.807) is 0 Å². The van der Waals surface area contributed by atoms with E-state index in [0.717, 1.165) is 24.2 Å². The molecule has 0 bridgehead atoms. The van der Waals surface area contributed by atoms with Crippen molar-refractivity contribution in [3.63, 3.8) is 0 Å². The number of fused-ring (bicyclic) bond motifs is 1. The number of aryl methyl sites for hydroxylation is 2. The summed E-state index contributed by atoms with van der Waals surface area (Å²) in [4.78, 5) is 17.0. The summed E-state index contributed by atoms with van der Waals surface area (Å²) >= 11 is 0. The number of rotatable bonds is 7. The van der Waals surface area contributed by atoms with Crippen LogP contribution in [0.4, 0.5) is 0 Å². The van der Waals surface area contributed by atoms with E-state index in [1.807, 2.05) is 56.3 Å². The number of amides is 1. The monoisotopic (exact) mass is 391 g/mol. The summed E-state index contributed by atoms with van der Waals surface area (Å²) in [7, 11) is 0. The number of nitrogens with zero attached hydrogens (tertiary/aromatic N) is 2. The van der Waals surface area contributed by atoms with E-state index >= 15 is 0 Å². The van der Waals surface area contributed by atoms with E-state index < -0.39 is 0 Å². The zero-order valence-electron chi connectivity index (χ0n) is 16.7. The van der Waals surface area contributed by atoms with Gasteiger partial charge in [-0.2, -0.15) is 4.98 Å². The third-order valence-corrected chi connectivity index (χ3v) is 5.16. The number of aromatic nitrogens is 2. The Morgan fingerprint density at radius 2 is 1.93 bits per heavy atom. The maximum atomic E-state index is 12.5. The predicted octanol–water partition coefficient (Wildman–Crippen LogP) is 4.12. The third-order valence-electron chi connectivity index (χ3n) is 5.16. The molecule has 1 amide bonds. The summed E-state index contributed by atoms with van der Waals surface area (Å²) in [6.07, 6.45) is 3.39. The Labute approximate surface area is 170 Å². The predicted molar refractivity (Wildman–Crippen MR) is 109 cm³/mol. The molecule has 0 radical (unpaired) electrons. The zero-order chi connectivity index (χ0) is 20.2. The summed E-state index contributed by atoms with van der Waals surface area (Å²) in [5, 5.41) is 7.02. The fourth-order valence-corrected chi connectivity index (χ4v) is 3.58. The van der Waals surface area contributed by atoms with Crippen LogP contribution in [0.1, 0.15) is 43.3 Å². The van der Waals surface area contributed by atoms with Crippen LogP contribution >= 0.6 is 0 Å². The molecule has 150 valence electrons. The second-order valence-corrected chi connectivity index (χ2v) is 7.68. The molecule has 2 aromatic carbocycles. The van der Waals surface area contributed by atoms with Crippen molar-refractivity contribution in [3.05, 3.63) is 65.5 Å². The van der Waals surface area contributed by atoms with Crippen LogP contribution in [0.5, 0.6) is 5.75 Å². The molecule has 3 aromatic rings. The quantitative estimate of drug-likeness (QED) is 0.656. The van der Waals surface area contributed by atoms with Gasteiger partial charge in [0, 0.05) is 5.56 Å². The van der Waals surface area contributed by atoms with E-state index in [-0.39, 0.29) is 24.5 Å². The van der Waals surface area contributed by atoms with Gasteiger partial charge in [0.2, 0.25) is 11.7 Å². The Morgan fingerprint density at radius 1 is 1.14 bits per heavy atom. The fourth-order valence-electron chi connectivity index (χ4n) is 3.58. The van der Waals surface area contributed by atoms with Gasteiger partial charge in [0.05, 0.1) is 0 Å². The van der Waals surface area contributed by atoms with Gasteiger partial charge in [0.25, 0.3) is 5.91 Å². The van der Waals surface area contributed by atoms with Gasteiger partial charge < -0.3 is 14.6 Å². The highest BCUT2D eigenvalue weighted by molar-refractivity contribution is 5.78. The highest BCUT2D eigenvalue weighted by Crippen LogP contribution is 2.26. The van der Waals surface area contributed by atoms with Gasteiger partial charge in [0.15, 0.2) is 6.61 Å². The van der Waals surface area contributed by atoms with Crippen molar-refractivity contribution in [3.8, 4) is 17.1 Å². The molecule has 6 heteroatoms. The van der Waals surface area contributed by atoms with Crippen molar-refractivity contribution in [1.82, 2.24) is 15.5 Å². The molecule has 1 N–H and O–H groups in total. The first-order chi connectivity index (χ1) is 14.1. The second kappa shape index (κ2) is 8.47. The number of hydrogen-bond acceptors (Lipinski definition) is 5. The number of ether oxygens (including phenoxy) is 1. The van der Waals surface area contributed by atoms with Crippen molar-refractivity contribution >= 4 is 5.91 Å². The lowest BCUT2D eigenvalue weighted by molar-refractivity contribution is -0.124. The van der Waals surface area contributed by atoms with Gasteiger partial charge in [-0.15, -0.1) is 0 Å². The van der Waals surface area contributed by atoms with Crippen LogP contribution in [-0.4, -0.2) is 22.7 Å². The molecule has 6 nitrogen and oxygen atoms in total. The molecule has 1 aromatic heterocycles. The standard InChI is InChI=1S/C23H25N3O3/c1-15(2)21(23-25-22(26-29-23)17-7-4-3-5-8-17)24-20(27)14-28-19-12-11-16-9-6-10-18(16)13-19/h3-5,7-8,11-13,15,21H,6,9-10,14H2,1-2H3,(H,24,27)/t21-/m0/s1. The molecule has 1 aliphatic rings. The lowest BCUT2D eigenvalue weighted by atomic mass is 10.0. The number of hydrogen-bond donors (Lipinski definition) is 1. The van der Waals surface area contributed by atoms with Gasteiger partial charge in [0.1, 0.15) is 11.8 Å². The third kappa shape index (κ3) is 4.47. The minimum absolute atomic E-state index is 0.0539. The van der Waals surface area contributed by atoms with Crippen LogP contribution in [0.15, 0.2) is 53.1 Å². The molecule has 0 spiro atoms. The maximum absolute atomic E-state index is 12.5. The highest BCUT2D eigenvalue weighted by Gasteiger charge is 2.25. The van der Waals surface area contributed by atoms with Crippen LogP contribution in [0.25, 0.3) is 11.4 Å². The smallest absolute Gasteiger partial charge is 0.258 e. The molecular formula is C23H25N3O3. The van der Waals surface area contributed by atoms with Crippen LogP contribution < -0.4 is 10.1 Å². The van der Waals surface area contributed by atoms with Crippen molar-refractivity contribution in [2.24, 2.45) is 5.92 Å². The number of carbonyl (C=O) groups excluding carboxylic acids is 1. The summed E-state index contributed by atoms with van der Waals surface area (Å²) in [5.74, 6) is 1.50. The van der Waals surface area contributed by atoms with E-state index in [1.165, 1.54) is 17.5 Å². The molecule has 4 rings (SSSR count). The molecule has 29 heavy (non-hydrogen) atoms. The molecule has 1 atom stereocenters. The topological polar surface area (TPSA) is 77.2 Å². The molecule has 0 fully saturated rings. The fraction of sp³-hybridized carbons (Fsp3) is 0.348. The van der Waals surface area contributed by atoms with Gasteiger partial charge in [-0.1, -0.05) is 55.4 Å². The zero-order valence-corrected chi connectivity index (χ0v) is 16.7. The SMILES string of the molecule is CC(C)[C@H](NC(=O)COc1ccc2c(c1)CCC2)c1nc(-c2ccccc2)no1. The normalized spacial score (nSPS) is 13.9. The second-order valence-electron chi connectivity index (χ2n) is 7.68. The first kappa shape index (κ1) is 19.2. The Morgan fingerprint density at radius 3 is 2.72 bits per heavy atom. The summed E-state index contributed by atoms with van der Waals surface area (Å²) in [5.41, 5.74) is 3.57.